The minimum atomic E-state index is -0.930. The van der Waals surface area contributed by atoms with Gasteiger partial charge in [0.15, 0.2) is 6.10 Å². The molecule has 1 N–H and O–H groups in total. The van der Waals surface area contributed by atoms with Crippen LogP contribution < -0.4 is 10.3 Å². The molecule has 0 aliphatic heterocycles. The summed E-state index contributed by atoms with van der Waals surface area (Å²) in [5.74, 6) is -0.448. The average Bonchev–Trinajstić information content (AvgIpc) is 2.75. The summed E-state index contributed by atoms with van der Waals surface area (Å²) in [5.41, 5.74) is 2.14. The predicted molar refractivity (Wildman–Crippen MR) is 118 cm³/mol. The van der Waals surface area contributed by atoms with Gasteiger partial charge < -0.3 is 9.84 Å². The van der Waals surface area contributed by atoms with Crippen molar-refractivity contribution in [2.24, 2.45) is 0 Å². The van der Waals surface area contributed by atoms with E-state index in [4.69, 9.17) is 4.74 Å². The monoisotopic (exact) mass is 416 g/mol. The van der Waals surface area contributed by atoms with Gasteiger partial charge >= 0.3 is 0 Å². The van der Waals surface area contributed by atoms with Crippen molar-refractivity contribution in [1.82, 2.24) is 4.57 Å². The lowest BCUT2D eigenvalue weighted by Crippen LogP contribution is -2.31. The molecule has 1 atom stereocenters. The lowest BCUT2D eigenvalue weighted by molar-refractivity contribution is 0.0812. The van der Waals surface area contributed by atoms with Crippen LogP contribution in [0, 0.1) is 32.1 Å². The normalized spacial score (nSPS) is 11.6. The van der Waals surface area contributed by atoms with Crippen LogP contribution in [0.2, 0.25) is 0 Å². The molecule has 0 aliphatic rings. The Labute approximate surface area is 181 Å². The lowest BCUT2D eigenvalue weighted by Gasteiger charge is -2.19. The molecule has 6 heteroatoms. The van der Waals surface area contributed by atoms with E-state index in [1.807, 2.05) is 50.2 Å². The molecular formula is C25H24N2O4. The van der Waals surface area contributed by atoms with Crippen molar-refractivity contribution in [2.45, 2.75) is 40.3 Å². The maximum absolute atomic E-state index is 13.2. The first kappa shape index (κ1) is 21.8. The van der Waals surface area contributed by atoms with Gasteiger partial charge in [0.2, 0.25) is 11.7 Å². The van der Waals surface area contributed by atoms with Crippen LogP contribution in [0.1, 0.15) is 45.1 Å². The number of Topliss-reactive ketones (excluding diaryl/α,β-unsaturated/α-hetero) is 1. The number of nitrogens with zero attached hydrogens (tertiary/aromatic N) is 2. The molecule has 0 bridgehead atoms. The summed E-state index contributed by atoms with van der Waals surface area (Å²) in [7, 11) is 0. The summed E-state index contributed by atoms with van der Waals surface area (Å²) in [4.78, 5) is 26.0. The molecule has 3 aromatic rings. The van der Waals surface area contributed by atoms with Crippen LogP contribution in [0.4, 0.5) is 0 Å². The standard InChI is InChI=1S/C25H24N2O4/c1-15-10-11-20(12-16(15)2)31-18(4)23(28)22-17(3)21(13-26)24(29)27(25(22)30)14-19-8-6-5-7-9-19/h5-12,18,30H,14H2,1-4H3. The first-order valence-corrected chi connectivity index (χ1v) is 9.93. The van der Waals surface area contributed by atoms with Crippen LogP contribution in [-0.4, -0.2) is 21.6 Å². The second-order valence-electron chi connectivity index (χ2n) is 7.56. The highest BCUT2D eigenvalue weighted by Crippen LogP contribution is 2.26. The third-order valence-corrected chi connectivity index (χ3v) is 5.39. The van der Waals surface area contributed by atoms with E-state index in [1.54, 1.807) is 25.1 Å². The molecule has 2 aromatic carbocycles. The van der Waals surface area contributed by atoms with Crippen LogP contribution in [0.5, 0.6) is 11.6 Å². The number of pyridine rings is 1. The molecule has 1 heterocycles. The minimum absolute atomic E-state index is 0.0349. The number of aryl methyl sites for hydroxylation is 2. The average molecular weight is 416 g/mol. The molecule has 158 valence electrons. The van der Waals surface area contributed by atoms with E-state index in [-0.39, 0.29) is 23.2 Å². The molecule has 31 heavy (non-hydrogen) atoms. The van der Waals surface area contributed by atoms with Gasteiger partial charge in [-0.2, -0.15) is 5.26 Å². The number of aromatic nitrogens is 1. The van der Waals surface area contributed by atoms with Crippen molar-refractivity contribution in [2.75, 3.05) is 0 Å². The highest BCUT2D eigenvalue weighted by molar-refractivity contribution is 6.03. The summed E-state index contributed by atoms with van der Waals surface area (Å²) >= 11 is 0. The first-order chi connectivity index (χ1) is 14.7. The van der Waals surface area contributed by atoms with Crippen molar-refractivity contribution in [1.29, 1.82) is 5.26 Å². The van der Waals surface area contributed by atoms with E-state index in [2.05, 4.69) is 0 Å². The van der Waals surface area contributed by atoms with Crippen molar-refractivity contribution < 1.29 is 14.6 Å². The number of ether oxygens (including phenoxy) is 1. The number of nitriles is 1. The van der Waals surface area contributed by atoms with Gasteiger partial charge in [-0.15, -0.1) is 0 Å². The fourth-order valence-corrected chi connectivity index (χ4v) is 3.41. The molecule has 3 rings (SSSR count). The molecule has 6 nitrogen and oxygen atoms in total. The largest absolute Gasteiger partial charge is 0.494 e. The zero-order valence-electron chi connectivity index (χ0n) is 18.0. The van der Waals surface area contributed by atoms with E-state index in [0.29, 0.717) is 5.75 Å². The number of hydrogen-bond acceptors (Lipinski definition) is 5. The third kappa shape index (κ3) is 4.36. The van der Waals surface area contributed by atoms with Crippen molar-refractivity contribution in [3.8, 4) is 17.7 Å². The zero-order chi connectivity index (χ0) is 22.7. The summed E-state index contributed by atoms with van der Waals surface area (Å²) in [6.07, 6.45) is -0.930. The number of benzene rings is 2. The van der Waals surface area contributed by atoms with E-state index >= 15 is 0 Å². The van der Waals surface area contributed by atoms with E-state index < -0.39 is 23.3 Å². The lowest BCUT2D eigenvalue weighted by atomic mass is 9.99. The van der Waals surface area contributed by atoms with Crippen LogP contribution >= 0.6 is 0 Å². The molecule has 1 unspecified atom stereocenters. The van der Waals surface area contributed by atoms with Gasteiger partial charge in [0.25, 0.3) is 5.56 Å². The zero-order valence-corrected chi connectivity index (χ0v) is 18.0. The number of ketones is 1. The summed E-state index contributed by atoms with van der Waals surface area (Å²) in [5, 5.41) is 20.4. The SMILES string of the molecule is Cc1ccc(OC(C)C(=O)c2c(C)c(C#N)c(=O)n(Cc3ccccc3)c2O)cc1C. The van der Waals surface area contributed by atoms with Gasteiger partial charge in [-0.1, -0.05) is 36.4 Å². The van der Waals surface area contributed by atoms with Crippen LogP contribution in [0.15, 0.2) is 53.3 Å². The number of carbonyl (C=O) groups excluding carboxylic acids is 1. The fourth-order valence-electron chi connectivity index (χ4n) is 3.41. The second kappa shape index (κ2) is 8.88. The molecule has 0 amide bonds. The van der Waals surface area contributed by atoms with Gasteiger partial charge in [0, 0.05) is 0 Å². The maximum atomic E-state index is 13.2. The summed E-state index contributed by atoms with van der Waals surface area (Å²) in [6.45, 7) is 7.03. The highest BCUT2D eigenvalue weighted by Gasteiger charge is 2.28. The number of hydrogen-bond donors (Lipinski definition) is 1. The van der Waals surface area contributed by atoms with E-state index in [9.17, 15) is 20.0 Å². The summed E-state index contributed by atoms with van der Waals surface area (Å²) in [6, 6.07) is 16.4. The molecule has 1 aromatic heterocycles. The van der Waals surface area contributed by atoms with Gasteiger partial charge in [-0.25, -0.2) is 0 Å². The Hall–Kier alpha value is -3.85. The Morgan fingerprint density at radius 1 is 1.13 bits per heavy atom. The molecule has 0 fully saturated rings. The molecule has 0 saturated heterocycles. The van der Waals surface area contributed by atoms with Gasteiger partial charge in [-0.05, 0) is 62.1 Å². The van der Waals surface area contributed by atoms with Crippen LogP contribution in [0.25, 0.3) is 0 Å². The number of carbonyl (C=O) groups is 1. The Bertz CT molecular complexity index is 1240. The second-order valence-corrected chi connectivity index (χ2v) is 7.56. The highest BCUT2D eigenvalue weighted by atomic mass is 16.5. The van der Waals surface area contributed by atoms with Crippen molar-refractivity contribution in [3.63, 3.8) is 0 Å². The van der Waals surface area contributed by atoms with Gasteiger partial charge in [-0.3, -0.25) is 14.2 Å². The topological polar surface area (TPSA) is 92.3 Å². The number of rotatable bonds is 6. The first-order valence-electron chi connectivity index (χ1n) is 9.93. The number of aromatic hydroxyl groups is 1. The van der Waals surface area contributed by atoms with Crippen molar-refractivity contribution in [3.05, 3.63) is 92.3 Å². The molecule has 0 spiro atoms. The fraction of sp³-hybridized carbons (Fsp3) is 0.240. The van der Waals surface area contributed by atoms with E-state index in [1.165, 1.54) is 6.92 Å². The molecule has 0 radical (unpaired) electrons. The smallest absolute Gasteiger partial charge is 0.271 e. The Morgan fingerprint density at radius 3 is 2.42 bits per heavy atom. The van der Waals surface area contributed by atoms with Crippen LogP contribution in [-0.2, 0) is 6.54 Å². The third-order valence-electron chi connectivity index (χ3n) is 5.39. The quantitative estimate of drug-likeness (QED) is 0.612. The molecule has 0 saturated carbocycles. The minimum Gasteiger partial charge on any atom is -0.494 e. The van der Waals surface area contributed by atoms with Crippen LogP contribution in [0.3, 0.4) is 0 Å². The summed E-state index contributed by atoms with van der Waals surface area (Å²) < 4.78 is 6.86. The Balaban J connectivity index is 2.03. The molecule has 0 aliphatic carbocycles. The van der Waals surface area contributed by atoms with Gasteiger partial charge in [0.05, 0.1) is 12.1 Å². The maximum Gasteiger partial charge on any atom is 0.271 e. The predicted octanol–water partition coefficient (Wildman–Crippen LogP) is 4.05. The van der Waals surface area contributed by atoms with Gasteiger partial charge in [0.1, 0.15) is 17.4 Å². The van der Waals surface area contributed by atoms with E-state index in [0.717, 1.165) is 21.3 Å². The Morgan fingerprint density at radius 2 is 1.81 bits per heavy atom. The van der Waals surface area contributed by atoms with Crippen molar-refractivity contribution >= 4 is 5.78 Å². The Kier molecular flexibility index (Phi) is 6.26. The molecular weight excluding hydrogens is 392 g/mol.